The molecule has 0 saturated heterocycles. The summed E-state index contributed by atoms with van der Waals surface area (Å²) < 4.78 is 11.1. The molecule has 2 unspecified atom stereocenters. The molecule has 0 aliphatic heterocycles. The molecule has 2 atom stereocenters. The summed E-state index contributed by atoms with van der Waals surface area (Å²) in [6, 6.07) is 0. The van der Waals surface area contributed by atoms with Crippen LogP contribution in [0.2, 0.25) is 0 Å². The van der Waals surface area contributed by atoms with Gasteiger partial charge >= 0.3 is 0 Å². The van der Waals surface area contributed by atoms with Gasteiger partial charge in [-0.2, -0.15) is 0 Å². The number of hydrogen-bond acceptors (Lipinski definition) is 2. The summed E-state index contributed by atoms with van der Waals surface area (Å²) in [6.07, 6.45) is 5.73. The van der Waals surface area contributed by atoms with E-state index in [9.17, 15) is 0 Å². The third kappa shape index (κ3) is 4.73. The van der Waals surface area contributed by atoms with E-state index in [1.807, 2.05) is 13.8 Å². The lowest BCUT2D eigenvalue weighted by Gasteiger charge is -2.28. The first-order chi connectivity index (χ1) is 8.54. The molecule has 0 aromatic carbocycles. The molecule has 1 rings (SSSR count). The summed E-state index contributed by atoms with van der Waals surface area (Å²) in [5.74, 6) is 13.0. The van der Waals surface area contributed by atoms with Crippen molar-refractivity contribution < 1.29 is 9.47 Å². The number of ether oxygens (including phenoxy) is 2. The highest BCUT2D eigenvalue weighted by Crippen LogP contribution is 2.24. The summed E-state index contributed by atoms with van der Waals surface area (Å²) in [4.78, 5) is 0. The molecule has 100 valence electrons. The molecule has 0 fully saturated rings. The fraction of sp³-hybridized carbons (Fsp3) is 0.750. The molecule has 0 saturated carbocycles. The summed E-state index contributed by atoms with van der Waals surface area (Å²) in [7, 11) is 3.44. The van der Waals surface area contributed by atoms with Gasteiger partial charge in [0.2, 0.25) is 0 Å². The number of methoxy groups -OCH3 is 2. The first-order valence-corrected chi connectivity index (χ1v) is 6.64. The van der Waals surface area contributed by atoms with Crippen LogP contribution in [0, 0.1) is 23.7 Å². The third-order valence-electron chi connectivity index (χ3n) is 3.54. The normalized spacial score (nSPS) is 33.1. The molecule has 0 radical (unpaired) electrons. The first-order valence-electron chi connectivity index (χ1n) is 6.64. The van der Waals surface area contributed by atoms with E-state index < -0.39 is 0 Å². The minimum Gasteiger partial charge on any atom is -0.366 e. The van der Waals surface area contributed by atoms with Gasteiger partial charge in [-0.25, -0.2) is 0 Å². The lowest BCUT2D eigenvalue weighted by molar-refractivity contribution is 0.00520. The van der Waals surface area contributed by atoms with Crippen LogP contribution in [0.15, 0.2) is 0 Å². The molecular formula is C16H24O2. The van der Waals surface area contributed by atoms with Crippen molar-refractivity contribution in [1.82, 2.24) is 0 Å². The maximum atomic E-state index is 5.54. The fourth-order valence-electron chi connectivity index (χ4n) is 1.83. The van der Waals surface area contributed by atoms with Crippen molar-refractivity contribution in [2.45, 2.75) is 63.6 Å². The molecule has 0 aromatic heterocycles. The van der Waals surface area contributed by atoms with E-state index >= 15 is 0 Å². The predicted octanol–water partition coefficient (Wildman–Crippen LogP) is 3.16. The standard InChI is InChI=1S/C16H24O2/c1-15(17-3)11-9-7-5-6-8-10-12-16(2,18-4)14-13-15/h5-8,13-14H2,1-4H3. The molecule has 1 aliphatic carbocycles. The quantitative estimate of drug-likeness (QED) is 0.699. The zero-order valence-electron chi connectivity index (χ0n) is 12.1. The molecule has 0 heterocycles. The Kier molecular flexibility index (Phi) is 5.73. The van der Waals surface area contributed by atoms with E-state index in [1.165, 1.54) is 0 Å². The van der Waals surface area contributed by atoms with Crippen molar-refractivity contribution in [2.75, 3.05) is 14.2 Å². The zero-order valence-corrected chi connectivity index (χ0v) is 12.1. The van der Waals surface area contributed by atoms with Crippen LogP contribution in [0.3, 0.4) is 0 Å². The van der Waals surface area contributed by atoms with Crippen molar-refractivity contribution in [3.8, 4) is 23.7 Å². The van der Waals surface area contributed by atoms with Gasteiger partial charge in [-0.3, -0.25) is 0 Å². The summed E-state index contributed by atoms with van der Waals surface area (Å²) in [5, 5.41) is 0. The largest absolute Gasteiger partial charge is 0.366 e. The highest BCUT2D eigenvalue weighted by molar-refractivity contribution is 5.17. The van der Waals surface area contributed by atoms with Gasteiger partial charge < -0.3 is 9.47 Å². The molecule has 18 heavy (non-hydrogen) atoms. The lowest BCUT2D eigenvalue weighted by Crippen LogP contribution is -2.32. The Hall–Kier alpha value is -0.960. The topological polar surface area (TPSA) is 18.5 Å². The van der Waals surface area contributed by atoms with Crippen molar-refractivity contribution in [1.29, 1.82) is 0 Å². The number of rotatable bonds is 2. The van der Waals surface area contributed by atoms with Crippen LogP contribution in [0.1, 0.15) is 52.4 Å². The van der Waals surface area contributed by atoms with Crippen molar-refractivity contribution in [3.63, 3.8) is 0 Å². The van der Waals surface area contributed by atoms with Crippen LogP contribution in [0.4, 0.5) is 0 Å². The Morgan fingerprint density at radius 3 is 1.50 bits per heavy atom. The van der Waals surface area contributed by atoms with Crippen molar-refractivity contribution >= 4 is 0 Å². The van der Waals surface area contributed by atoms with E-state index in [2.05, 4.69) is 23.7 Å². The Morgan fingerprint density at radius 1 is 0.778 bits per heavy atom. The highest BCUT2D eigenvalue weighted by atomic mass is 16.5. The monoisotopic (exact) mass is 248 g/mol. The van der Waals surface area contributed by atoms with Crippen LogP contribution in [-0.2, 0) is 9.47 Å². The summed E-state index contributed by atoms with van der Waals surface area (Å²) in [5.41, 5.74) is -0.776. The van der Waals surface area contributed by atoms with Crippen LogP contribution in [0.5, 0.6) is 0 Å². The predicted molar refractivity (Wildman–Crippen MR) is 74.1 cm³/mol. The average molecular weight is 248 g/mol. The molecule has 0 bridgehead atoms. The van der Waals surface area contributed by atoms with E-state index in [0.29, 0.717) is 0 Å². The van der Waals surface area contributed by atoms with E-state index in [4.69, 9.17) is 9.47 Å². The summed E-state index contributed by atoms with van der Waals surface area (Å²) >= 11 is 0. The van der Waals surface area contributed by atoms with Gasteiger partial charge in [-0.1, -0.05) is 11.8 Å². The molecule has 0 amide bonds. The third-order valence-corrected chi connectivity index (χ3v) is 3.54. The minimum atomic E-state index is -0.388. The average Bonchev–Trinajstić information content (AvgIpc) is 2.38. The SMILES string of the molecule is COC1(C)C#CCCCCC#CC(C)(OC)CC1. The lowest BCUT2D eigenvalue weighted by atomic mass is 9.91. The van der Waals surface area contributed by atoms with E-state index in [-0.39, 0.29) is 11.2 Å². The second kappa shape index (κ2) is 6.83. The van der Waals surface area contributed by atoms with Crippen molar-refractivity contribution in [2.24, 2.45) is 0 Å². The highest BCUT2D eigenvalue weighted by Gasteiger charge is 2.28. The van der Waals surface area contributed by atoms with Crippen molar-refractivity contribution in [3.05, 3.63) is 0 Å². The van der Waals surface area contributed by atoms with Gasteiger partial charge in [0.1, 0.15) is 11.2 Å². The van der Waals surface area contributed by atoms with Gasteiger partial charge in [0.15, 0.2) is 0 Å². The molecule has 1 aliphatic rings. The maximum absolute atomic E-state index is 5.54. The first kappa shape index (κ1) is 15.1. The number of hydrogen-bond donors (Lipinski definition) is 0. The van der Waals surface area contributed by atoms with Crippen LogP contribution < -0.4 is 0 Å². The summed E-state index contributed by atoms with van der Waals surface area (Å²) in [6.45, 7) is 4.07. The Labute approximate surface area is 111 Å². The smallest absolute Gasteiger partial charge is 0.125 e. The zero-order chi connectivity index (χ0) is 13.5. The fourth-order valence-corrected chi connectivity index (χ4v) is 1.83. The van der Waals surface area contributed by atoms with Gasteiger partial charge in [0, 0.05) is 27.1 Å². The Bertz CT molecular complexity index is 341. The van der Waals surface area contributed by atoms with Crippen LogP contribution in [-0.4, -0.2) is 25.4 Å². The Morgan fingerprint density at radius 2 is 1.17 bits per heavy atom. The molecule has 2 nitrogen and oxygen atoms in total. The van der Waals surface area contributed by atoms with Gasteiger partial charge in [0.25, 0.3) is 0 Å². The van der Waals surface area contributed by atoms with Gasteiger partial charge in [0.05, 0.1) is 0 Å². The second-order valence-corrected chi connectivity index (χ2v) is 5.18. The van der Waals surface area contributed by atoms with Crippen LogP contribution in [0.25, 0.3) is 0 Å². The molecule has 0 aromatic rings. The maximum Gasteiger partial charge on any atom is 0.125 e. The molecule has 0 N–H and O–H groups in total. The molecule has 0 spiro atoms. The Balaban J connectivity index is 2.85. The van der Waals surface area contributed by atoms with Gasteiger partial charge in [-0.15, -0.1) is 11.8 Å². The van der Waals surface area contributed by atoms with E-state index in [0.717, 1.165) is 38.5 Å². The molecule has 2 heteroatoms. The van der Waals surface area contributed by atoms with Gasteiger partial charge in [-0.05, 0) is 39.5 Å². The van der Waals surface area contributed by atoms with E-state index in [1.54, 1.807) is 14.2 Å². The minimum absolute atomic E-state index is 0.388. The second-order valence-electron chi connectivity index (χ2n) is 5.18. The van der Waals surface area contributed by atoms with Crippen LogP contribution >= 0.6 is 0 Å². The molecular weight excluding hydrogens is 224 g/mol.